The molecular weight excluding hydrogens is 360 g/mol. The van der Waals surface area contributed by atoms with Gasteiger partial charge in [-0.2, -0.15) is 0 Å². The molecule has 3 aromatic rings. The summed E-state index contributed by atoms with van der Waals surface area (Å²) in [5, 5.41) is 4.51. The minimum absolute atomic E-state index is 0. The molecule has 0 fully saturated rings. The Bertz CT molecular complexity index is 864. The Hall–Kier alpha value is -0.320. The largest absolute Gasteiger partial charge is 1.00 e. The summed E-state index contributed by atoms with van der Waals surface area (Å²) in [7, 11) is 1.67. The SMILES string of the molecule is CCCSP(=O)([O-])N(C)Cc1c2ccccc2cc2ccccc12.[Na+]. The van der Waals surface area contributed by atoms with Gasteiger partial charge in [-0.05, 0) is 46.6 Å². The smallest absolute Gasteiger partial charge is 0.780 e. The van der Waals surface area contributed by atoms with Crippen LogP contribution in [0.1, 0.15) is 18.9 Å². The van der Waals surface area contributed by atoms with E-state index in [9.17, 15) is 9.46 Å². The third-order valence-corrected chi connectivity index (χ3v) is 8.40. The molecule has 0 bridgehead atoms. The molecule has 1 unspecified atom stereocenters. The quantitative estimate of drug-likeness (QED) is 0.372. The van der Waals surface area contributed by atoms with Gasteiger partial charge >= 0.3 is 29.6 Å². The average Bonchev–Trinajstić information content (AvgIpc) is 2.59. The van der Waals surface area contributed by atoms with Crippen molar-refractivity contribution in [1.29, 1.82) is 0 Å². The molecule has 126 valence electrons. The Kier molecular flexibility index (Phi) is 7.60. The third-order valence-electron chi connectivity index (χ3n) is 4.15. The van der Waals surface area contributed by atoms with Crippen LogP contribution in [-0.2, 0) is 11.1 Å². The van der Waals surface area contributed by atoms with Gasteiger partial charge in [0.25, 0.3) is 0 Å². The summed E-state index contributed by atoms with van der Waals surface area (Å²) in [5.74, 6) is 0.626. The van der Waals surface area contributed by atoms with Crippen molar-refractivity contribution in [3.8, 4) is 0 Å². The predicted molar refractivity (Wildman–Crippen MR) is 103 cm³/mol. The van der Waals surface area contributed by atoms with E-state index in [0.717, 1.165) is 44.9 Å². The van der Waals surface area contributed by atoms with E-state index in [2.05, 4.69) is 30.3 Å². The average molecular weight is 381 g/mol. The zero-order valence-corrected chi connectivity index (χ0v) is 18.6. The van der Waals surface area contributed by atoms with Crippen molar-refractivity contribution in [2.24, 2.45) is 0 Å². The first-order chi connectivity index (χ1) is 11.5. The second kappa shape index (κ2) is 9.05. The van der Waals surface area contributed by atoms with Crippen LogP contribution in [0.25, 0.3) is 21.5 Å². The molecule has 3 aromatic carbocycles. The topological polar surface area (TPSA) is 43.4 Å². The maximum absolute atomic E-state index is 12.5. The second-order valence-corrected chi connectivity index (χ2v) is 10.4. The first-order valence-electron chi connectivity index (χ1n) is 8.09. The van der Waals surface area contributed by atoms with Gasteiger partial charge in [0.05, 0.1) is 0 Å². The van der Waals surface area contributed by atoms with Crippen molar-refractivity contribution in [3.05, 3.63) is 60.2 Å². The fraction of sp³-hybridized carbons (Fsp3) is 0.263. The maximum Gasteiger partial charge on any atom is 1.00 e. The van der Waals surface area contributed by atoms with Crippen LogP contribution in [0.3, 0.4) is 0 Å². The molecule has 0 aliphatic carbocycles. The van der Waals surface area contributed by atoms with E-state index in [-0.39, 0.29) is 29.6 Å². The molecule has 1 atom stereocenters. The van der Waals surface area contributed by atoms with E-state index in [1.165, 1.54) is 4.67 Å². The number of benzene rings is 3. The van der Waals surface area contributed by atoms with Gasteiger partial charge in [-0.1, -0.05) is 66.8 Å². The molecule has 0 saturated carbocycles. The van der Waals surface area contributed by atoms with Gasteiger partial charge in [-0.25, -0.2) is 0 Å². The molecule has 3 nitrogen and oxygen atoms in total. The number of rotatable bonds is 6. The Morgan fingerprint density at radius 2 is 1.56 bits per heavy atom. The van der Waals surface area contributed by atoms with Gasteiger partial charge in [-0.15, -0.1) is 0 Å². The number of fused-ring (bicyclic) bond motifs is 2. The molecule has 0 aliphatic heterocycles. The van der Waals surface area contributed by atoms with Crippen molar-refractivity contribution in [2.75, 3.05) is 12.8 Å². The molecule has 0 N–H and O–H groups in total. The molecule has 0 spiro atoms. The second-order valence-electron chi connectivity index (χ2n) is 5.91. The Labute approximate surface area is 175 Å². The fourth-order valence-electron chi connectivity index (χ4n) is 2.90. The van der Waals surface area contributed by atoms with Gasteiger partial charge in [0.15, 0.2) is 0 Å². The summed E-state index contributed by atoms with van der Waals surface area (Å²) >= 11 is 1.04. The van der Waals surface area contributed by atoms with Crippen LogP contribution in [0.5, 0.6) is 0 Å². The van der Waals surface area contributed by atoms with Crippen LogP contribution in [0.4, 0.5) is 0 Å². The van der Waals surface area contributed by atoms with Gasteiger partial charge in [-0.3, -0.25) is 4.67 Å². The van der Waals surface area contributed by atoms with Crippen LogP contribution in [-0.4, -0.2) is 17.5 Å². The van der Waals surface area contributed by atoms with E-state index in [1.54, 1.807) is 7.05 Å². The first-order valence-corrected chi connectivity index (χ1v) is 11.3. The summed E-state index contributed by atoms with van der Waals surface area (Å²) in [4.78, 5) is 12.5. The monoisotopic (exact) mass is 381 g/mol. The van der Waals surface area contributed by atoms with Crippen LogP contribution >= 0.6 is 18.1 Å². The molecular formula is C19H21NNaO2PS. The molecule has 0 radical (unpaired) electrons. The van der Waals surface area contributed by atoms with Gasteiger partial charge in [0.1, 0.15) is 6.72 Å². The summed E-state index contributed by atoms with van der Waals surface area (Å²) < 4.78 is 14.0. The Morgan fingerprint density at radius 1 is 1.04 bits per heavy atom. The summed E-state index contributed by atoms with van der Waals surface area (Å²) in [5.41, 5.74) is 1.07. The third kappa shape index (κ3) is 4.70. The van der Waals surface area contributed by atoms with Crippen LogP contribution in [0, 0.1) is 0 Å². The van der Waals surface area contributed by atoms with Crippen molar-refractivity contribution < 1.29 is 39.0 Å². The molecule has 0 amide bonds. The molecule has 0 heterocycles. The molecule has 0 saturated heterocycles. The number of nitrogens with zero attached hydrogens (tertiary/aromatic N) is 1. The van der Waals surface area contributed by atoms with E-state index in [4.69, 9.17) is 0 Å². The molecule has 25 heavy (non-hydrogen) atoms. The van der Waals surface area contributed by atoms with E-state index < -0.39 is 6.72 Å². The van der Waals surface area contributed by atoms with Crippen molar-refractivity contribution in [3.63, 3.8) is 0 Å². The van der Waals surface area contributed by atoms with Crippen LogP contribution in [0.2, 0.25) is 0 Å². The van der Waals surface area contributed by atoms with E-state index in [1.807, 2.05) is 31.2 Å². The van der Waals surface area contributed by atoms with Crippen LogP contribution < -0.4 is 34.5 Å². The minimum atomic E-state index is -3.62. The van der Waals surface area contributed by atoms with Gasteiger partial charge in [0, 0.05) is 12.3 Å². The van der Waals surface area contributed by atoms with Crippen molar-refractivity contribution >= 4 is 39.6 Å². The zero-order valence-electron chi connectivity index (χ0n) is 14.9. The summed E-state index contributed by atoms with van der Waals surface area (Å²) in [6.45, 7) is -1.24. The molecule has 0 aromatic heterocycles. The van der Waals surface area contributed by atoms with E-state index in [0.29, 0.717) is 12.3 Å². The Balaban J connectivity index is 0.00000225. The van der Waals surface area contributed by atoms with Crippen molar-refractivity contribution in [2.45, 2.75) is 19.9 Å². The van der Waals surface area contributed by atoms with Gasteiger partial charge in [0.2, 0.25) is 0 Å². The molecule has 3 rings (SSSR count). The van der Waals surface area contributed by atoms with E-state index >= 15 is 0 Å². The van der Waals surface area contributed by atoms with Crippen molar-refractivity contribution in [1.82, 2.24) is 4.67 Å². The normalized spacial score (nSPS) is 13.8. The predicted octanol–water partition coefficient (Wildman–Crippen LogP) is 2.04. The maximum atomic E-state index is 12.5. The Morgan fingerprint density at radius 3 is 2.08 bits per heavy atom. The molecule has 6 heteroatoms. The first kappa shape index (κ1) is 21.0. The van der Waals surface area contributed by atoms with Crippen LogP contribution in [0.15, 0.2) is 54.6 Å². The fourth-order valence-corrected chi connectivity index (χ4v) is 5.83. The summed E-state index contributed by atoms with van der Waals surface area (Å²) in [6, 6.07) is 18.5. The number of hydrogen-bond donors (Lipinski definition) is 0. The summed E-state index contributed by atoms with van der Waals surface area (Å²) in [6.07, 6.45) is 0.849. The molecule has 0 aliphatic rings. The zero-order chi connectivity index (χ0) is 17.2. The van der Waals surface area contributed by atoms with Gasteiger partial charge < -0.3 is 9.46 Å². The standard InChI is InChI=1S/C19H22NO2PS.Na/c1-3-12-24-23(21,22)20(2)14-19-17-10-6-4-8-15(17)13-16-9-5-7-11-18(16)19;/h4-11,13H,3,12,14H2,1-2H3,(H,21,22);/q;+1/p-1. The number of hydrogen-bond acceptors (Lipinski definition) is 3. The minimum Gasteiger partial charge on any atom is -0.780 e.